The number of aromatic nitrogens is 2. The van der Waals surface area contributed by atoms with Crippen LogP contribution in [0.3, 0.4) is 0 Å². The number of hydrogen-bond donors (Lipinski definition) is 1. The molecule has 1 aromatic heterocycles. The Labute approximate surface area is 217 Å². The Bertz CT molecular complexity index is 1240. The zero-order chi connectivity index (χ0) is 25.9. The maximum Gasteiger partial charge on any atom is 0.322 e. The van der Waals surface area contributed by atoms with Gasteiger partial charge < -0.3 is 19.9 Å². The number of amides is 2. The van der Waals surface area contributed by atoms with Crippen molar-refractivity contribution in [2.24, 2.45) is 5.92 Å². The molecule has 0 aliphatic carbocycles. The first-order chi connectivity index (χ1) is 17.9. The van der Waals surface area contributed by atoms with Gasteiger partial charge in [-0.25, -0.2) is 14.2 Å². The zero-order valence-corrected chi connectivity index (χ0v) is 21.7. The molecular formula is C29H34FN5O2. The summed E-state index contributed by atoms with van der Waals surface area (Å²) in [5, 5.41) is 3.01. The minimum absolute atomic E-state index is 0.176. The van der Waals surface area contributed by atoms with Gasteiger partial charge in [0.05, 0.1) is 17.8 Å². The molecule has 0 atom stereocenters. The molecule has 3 heterocycles. The van der Waals surface area contributed by atoms with Gasteiger partial charge in [-0.05, 0) is 66.6 Å². The Balaban J connectivity index is 1.38. The minimum atomic E-state index is -0.329. The van der Waals surface area contributed by atoms with E-state index in [2.05, 4.69) is 31.0 Å². The molecule has 2 amide bonds. The van der Waals surface area contributed by atoms with Crippen molar-refractivity contribution in [3.05, 3.63) is 71.2 Å². The molecule has 2 aromatic carbocycles. The van der Waals surface area contributed by atoms with Gasteiger partial charge in [0, 0.05) is 31.7 Å². The van der Waals surface area contributed by atoms with Crippen LogP contribution in [0.15, 0.2) is 48.5 Å². The van der Waals surface area contributed by atoms with Crippen molar-refractivity contribution >= 4 is 17.7 Å². The van der Waals surface area contributed by atoms with Gasteiger partial charge in [-0.1, -0.05) is 32.9 Å². The van der Waals surface area contributed by atoms with E-state index in [0.29, 0.717) is 48.9 Å². The number of hydrogen-bond acceptors (Lipinski definition) is 5. The molecule has 0 unspecified atom stereocenters. The van der Waals surface area contributed by atoms with E-state index < -0.39 is 0 Å². The van der Waals surface area contributed by atoms with Gasteiger partial charge >= 0.3 is 6.03 Å². The van der Waals surface area contributed by atoms with Crippen molar-refractivity contribution in [3.8, 4) is 11.6 Å². The van der Waals surface area contributed by atoms with Crippen LogP contribution in [0.1, 0.15) is 56.4 Å². The summed E-state index contributed by atoms with van der Waals surface area (Å²) in [5.41, 5.74) is 3.67. The van der Waals surface area contributed by atoms with E-state index >= 15 is 0 Å². The Morgan fingerprint density at radius 3 is 2.41 bits per heavy atom. The molecule has 1 saturated heterocycles. The normalized spacial score (nSPS) is 16.0. The smallest absolute Gasteiger partial charge is 0.322 e. The van der Waals surface area contributed by atoms with Gasteiger partial charge in [-0.2, -0.15) is 4.98 Å². The van der Waals surface area contributed by atoms with Gasteiger partial charge in [-0.3, -0.25) is 0 Å². The van der Waals surface area contributed by atoms with E-state index in [1.54, 1.807) is 17.0 Å². The van der Waals surface area contributed by atoms with E-state index in [9.17, 15) is 9.18 Å². The van der Waals surface area contributed by atoms with E-state index in [-0.39, 0.29) is 11.8 Å². The number of anilines is 2. The molecule has 0 saturated carbocycles. The standard InChI is InChI=1S/C29H34FN5O2/c1-19(2)21-4-8-23(9-5-21)31-29(36)35-17-14-26-25(18-35)27(37-24-10-6-22(30)7-11-24)33-28(32-26)34-15-12-20(3)13-16-34/h4-11,19-20H,12-18H2,1-3H3,(H,31,36). The number of carbonyl (C=O) groups is 1. The third-order valence-corrected chi connectivity index (χ3v) is 7.22. The van der Waals surface area contributed by atoms with Crippen LogP contribution in [0.4, 0.5) is 20.8 Å². The second-order valence-electron chi connectivity index (χ2n) is 10.4. The van der Waals surface area contributed by atoms with Crippen molar-refractivity contribution in [3.63, 3.8) is 0 Å². The van der Waals surface area contributed by atoms with Crippen molar-refractivity contribution < 1.29 is 13.9 Å². The molecule has 0 bridgehead atoms. The predicted molar refractivity (Wildman–Crippen MR) is 143 cm³/mol. The van der Waals surface area contributed by atoms with Gasteiger partial charge in [0.2, 0.25) is 11.8 Å². The Morgan fingerprint density at radius 2 is 1.73 bits per heavy atom. The predicted octanol–water partition coefficient (Wildman–Crippen LogP) is 6.36. The average molecular weight is 504 g/mol. The molecule has 0 spiro atoms. The number of carbonyl (C=O) groups excluding carboxylic acids is 1. The number of halogens is 1. The number of piperidine rings is 1. The number of fused-ring (bicyclic) bond motifs is 1. The third kappa shape index (κ3) is 5.84. The molecule has 1 N–H and O–H groups in total. The van der Waals surface area contributed by atoms with Gasteiger partial charge in [0.1, 0.15) is 11.6 Å². The van der Waals surface area contributed by atoms with Gasteiger partial charge in [-0.15, -0.1) is 0 Å². The maximum atomic E-state index is 13.5. The van der Waals surface area contributed by atoms with Crippen LogP contribution in [-0.2, 0) is 13.0 Å². The number of ether oxygens (including phenoxy) is 1. The fourth-order valence-corrected chi connectivity index (χ4v) is 4.75. The van der Waals surface area contributed by atoms with E-state index in [0.717, 1.165) is 42.9 Å². The van der Waals surface area contributed by atoms with Crippen molar-refractivity contribution in [1.82, 2.24) is 14.9 Å². The van der Waals surface area contributed by atoms with Gasteiger partial charge in [0.15, 0.2) is 0 Å². The fourth-order valence-electron chi connectivity index (χ4n) is 4.75. The Morgan fingerprint density at radius 1 is 1.03 bits per heavy atom. The highest BCUT2D eigenvalue weighted by atomic mass is 19.1. The lowest BCUT2D eigenvalue weighted by atomic mass is 9.99. The van der Waals surface area contributed by atoms with Crippen LogP contribution in [0, 0.1) is 11.7 Å². The molecule has 7 nitrogen and oxygen atoms in total. The highest BCUT2D eigenvalue weighted by molar-refractivity contribution is 5.89. The van der Waals surface area contributed by atoms with Crippen LogP contribution >= 0.6 is 0 Å². The zero-order valence-electron chi connectivity index (χ0n) is 21.7. The van der Waals surface area contributed by atoms with E-state index in [1.807, 2.05) is 24.3 Å². The topological polar surface area (TPSA) is 70.6 Å². The first-order valence-electron chi connectivity index (χ1n) is 13.1. The number of rotatable bonds is 5. The van der Waals surface area contributed by atoms with Crippen LogP contribution in [-0.4, -0.2) is 40.5 Å². The van der Waals surface area contributed by atoms with Crippen LogP contribution in [0.5, 0.6) is 11.6 Å². The molecule has 2 aliphatic heterocycles. The summed E-state index contributed by atoms with van der Waals surface area (Å²) in [6, 6.07) is 13.7. The second kappa shape index (κ2) is 10.7. The fraction of sp³-hybridized carbons (Fsp3) is 0.414. The molecule has 8 heteroatoms. The lowest BCUT2D eigenvalue weighted by Gasteiger charge is -2.33. The molecule has 194 valence electrons. The first-order valence-corrected chi connectivity index (χ1v) is 13.1. The molecule has 3 aromatic rings. The summed E-state index contributed by atoms with van der Waals surface area (Å²) in [6.07, 6.45) is 2.80. The average Bonchev–Trinajstić information content (AvgIpc) is 2.90. The highest BCUT2D eigenvalue weighted by Crippen LogP contribution is 2.33. The Kier molecular flexibility index (Phi) is 7.26. The van der Waals surface area contributed by atoms with Crippen molar-refractivity contribution in [2.45, 2.75) is 52.5 Å². The maximum absolute atomic E-state index is 13.5. The lowest BCUT2D eigenvalue weighted by molar-refractivity contribution is 0.205. The monoisotopic (exact) mass is 503 g/mol. The van der Waals surface area contributed by atoms with Crippen LogP contribution in [0.2, 0.25) is 0 Å². The number of nitrogens with zero attached hydrogens (tertiary/aromatic N) is 4. The van der Waals surface area contributed by atoms with E-state index in [1.165, 1.54) is 17.7 Å². The third-order valence-electron chi connectivity index (χ3n) is 7.22. The summed E-state index contributed by atoms with van der Waals surface area (Å²) in [6.45, 7) is 9.24. The van der Waals surface area contributed by atoms with Crippen molar-refractivity contribution in [1.29, 1.82) is 0 Å². The Hall–Kier alpha value is -3.68. The summed E-state index contributed by atoms with van der Waals surface area (Å²) < 4.78 is 19.6. The highest BCUT2D eigenvalue weighted by Gasteiger charge is 2.29. The largest absolute Gasteiger partial charge is 0.438 e. The van der Waals surface area contributed by atoms with Gasteiger partial charge in [0.25, 0.3) is 0 Å². The van der Waals surface area contributed by atoms with Crippen molar-refractivity contribution in [2.75, 3.05) is 29.9 Å². The van der Waals surface area contributed by atoms with Crippen LogP contribution in [0.25, 0.3) is 0 Å². The molecular weight excluding hydrogens is 469 g/mol. The minimum Gasteiger partial charge on any atom is -0.438 e. The number of nitrogens with one attached hydrogen (secondary N) is 1. The summed E-state index contributed by atoms with van der Waals surface area (Å²) >= 11 is 0. The molecule has 5 rings (SSSR count). The summed E-state index contributed by atoms with van der Waals surface area (Å²) in [7, 11) is 0. The SMILES string of the molecule is CC1CCN(c2nc3c(c(Oc4ccc(F)cc4)n2)CN(C(=O)Nc2ccc(C(C)C)cc2)CC3)CC1. The summed E-state index contributed by atoms with van der Waals surface area (Å²) in [5.74, 6) is 2.37. The van der Waals surface area contributed by atoms with E-state index in [4.69, 9.17) is 14.7 Å². The second-order valence-corrected chi connectivity index (χ2v) is 10.4. The number of benzene rings is 2. The van der Waals surface area contributed by atoms with Crippen LogP contribution < -0.4 is 15.0 Å². The molecule has 37 heavy (non-hydrogen) atoms. The molecule has 0 radical (unpaired) electrons. The lowest BCUT2D eigenvalue weighted by Crippen LogP contribution is -2.40. The molecule has 2 aliphatic rings. The first kappa shape index (κ1) is 25.0. The number of urea groups is 1. The molecule has 1 fully saturated rings. The quantitative estimate of drug-likeness (QED) is 0.439. The summed E-state index contributed by atoms with van der Waals surface area (Å²) in [4.78, 5) is 26.8.